The van der Waals surface area contributed by atoms with Crippen molar-refractivity contribution in [1.29, 1.82) is 0 Å². The van der Waals surface area contributed by atoms with Gasteiger partial charge in [0.2, 0.25) is 17.6 Å². The van der Waals surface area contributed by atoms with E-state index < -0.39 is 11.6 Å². The third-order valence-corrected chi connectivity index (χ3v) is 4.30. The Balaban J connectivity index is 1.49. The number of pyridine rings is 1. The number of nitrogens with zero attached hydrogens (tertiary/aromatic N) is 4. The van der Waals surface area contributed by atoms with Gasteiger partial charge >= 0.3 is 0 Å². The summed E-state index contributed by atoms with van der Waals surface area (Å²) in [7, 11) is 0. The van der Waals surface area contributed by atoms with Gasteiger partial charge in [-0.1, -0.05) is 11.2 Å². The molecule has 1 amide bonds. The fraction of sp³-hybridized carbons (Fsp3) is 0.222. The highest BCUT2D eigenvalue weighted by Gasteiger charge is 2.34. The van der Waals surface area contributed by atoms with Crippen molar-refractivity contribution in [3.05, 3.63) is 65.8 Å². The van der Waals surface area contributed by atoms with Gasteiger partial charge in [0, 0.05) is 49.1 Å². The molecule has 0 saturated carbocycles. The quantitative estimate of drug-likeness (QED) is 0.719. The van der Waals surface area contributed by atoms with E-state index in [-0.39, 0.29) is 30.4 Å². The summed E-state index contributed by atoms with van der Waals surface area (Å²) < 4.78 is 32.1. The van der Waals surface area contributed by atoms with Crippen LogP contribution in [0.25, 0.3) is 11.4 Å². The van der Waals surface area contributed by atoms with E-state index in [1.165, 1.54) is 17.0 Å². The number of aromatic nitrogens is 3. The molecule has 1 aromatic carbocycles. The lowest BCUT2D eigenvalue weighted by atomic mass is 10.1. The molecule has 0 radical (unpaired) electrons. The highest BCUT2D eigenvalue weighted by Crippen LogP contribution is 2.29. The van der Waals surface area contributed by atoms with Gasteiger partial charge in [-0.2, -0.15) is 4.98 Å². The Bertz CT molecular complexity index is 945. The van der Waals surface area contributed by atoms with Crippen molar-refractivity contribution in [3.63, 3.8) is 0 Å². The smallest absolute Gasteiger partial charge is 0.232 e. The molecule has 1 fully saturated rings. The highest BCUT2D eigenvalue weighted by atomic mass is 19.1. The first-order chi connectivity index (χ1) is 12.6. The summed E-state index contributed by atoms with van der Waals surface area (Å²) in [6.07, 6.45) is 3.47. The average Bonchev–Trinajstić information content (AvgIpc) is 3.25. The van der Waals surface area contributed by atoms with E-state index in [0.29, 0.717) is 18.3 Å². The van der Waals surface area contributed by atoms with Crippen LogP contribution in [0.4, 0.5) is 8.78 Å². The molecule has 1 unspecified atom stereocenters. The van der Waals surface area contributed by atoms with Crippen molar-refractivity contribution in [2.24, 2.45) is 0 Å². The van der Waals surface area contributed by atoms with Crippen LogP contribution >= 0.6 is 0 Å². The number of likely N-dealkylation sites (tertiary alicyclic amines) is 1. The largest absolute Gasteiger partial charge is 0.339 e. The van der Waals surface area contributed by atoms with Crippen LogP contribution in [0.15, 0.2) is 47.2 Å². The molecule has 1 aliphatic rings. The number of amides is 1. The summed E-state index contributed by atoms with van der Waals surface area (Å²) >= 11 is 0. The average molecular weight is 356 g/mol. The first-order valence-electron chi connectivity index (χ1n) is 8.06. The van der Waals surface area contributed by atoms with Crippen LogP contribution in [0, 0.1) is 11.6 Å². The monoisotopic (exact) mass is 356 g/mol. The Hall–Kier alpha value is -3.16. The molecule has 1 aliphatic heterocycles. The van der Waals surface area contributed by atoms with E-state index in [1.54, 1.807) is 18.5 Å². The van der Waals surface area contributed by atoms with Gasteiger partial charge in [-0.3, -0.25) is 9.78 Å². The lowest BCUT2D eigenvalue weighted by Gasteiger charge is -2.16. The summed E-state index contributed by atoms with van der Waals surface area (Å²) in [5, 5.41) is 3.93. The number of hydrogen-bond donors (Lipinski definition) is 0. The van der Waals surface area contributed by atoms with Crippen LogP contribution in [0.2, 0.25) is 0 Å². The molecule has 3 aromatic rings. The summed E-state index contributed by atoms with van der Waals surface area (Å²) in [4.78, 5) is 22.1. The molecular formula is C18H14F2N4O2. The molecule has 132 valence electrons. The van der Waals surface area contributed by atoms with E-state index in [1.807, 2.05) is 6.07 Å². The topological polar surface area (TPSA) is 72.1 Å². The molecule has 1 saturated heterocycles. The van der Waals surface area contributed by atoms with E-state index in [0.717, 1.165) is 11.6 Å². The van der Waals surface area contributed by atoms with Gasteiger partial charge < -0.3 is 9.42 Å². The summed E-state index contributed by atoms with van der Waals surface area (Å²) in [6.45, 7) is 0.412. The SMILES string of the molecule is O=C1CC(c2nc(-c3cccnc3)no2)CN1Cc1ccc(F)cc1F. The van der Waals surface area contributed by atoms with Gasteiger partial charge in [0.05, 0.1) is 5.92 Å². The molecule has 8 heteroatoms. The van der Waals surface area contributed by atoms with Crippen LogP contribution in [0.1, 0.15) is 23.8 Å². The van der Waals surface area contributed by atoms with Crippen LogP contribution in [-0.2, 0) is 11.3 Å². The molecule has 0 aliphatic carbocycles. The molecule has 2 aromatic heterocycles. The highest BCUT2D eigenvalue weighted by molar-refractivity contribution is 5.79. The van der Waals surface area contributed by atoms with Gasteiger partial charge in [-0.05, 0) is 18.2 Å². The van der Waals surface area contributed by atoms with Gasteiger partial charge in [-0.15, -0.1) is 0 Å². The maximum Gasteiger partial charge on any atom is 0.232 e. The number of carbonyl (C=O) groups excluding carboxylic acids is 1. The third kappa shape index (κ3) is 3.17. The van der Waals surface area contributed by atoms with Crippen LogP contribution in [0.3, 0.4) is 0 Å². The summed E-state index contributed by atoms with van der Waals surface area (Å²) in [5.41, 5.74) is 0.985. The second-order valence-corrected chi connectivity index (χ2v) is 6.11. The Morgan fingerprint density at radius 1 is 1.27 bits per heavy atom. The zero-order valence-corrected chi connectivity index (χ0v) is 13.6. The first kappa shape index (κ1) is 16.3. The first-order valence-corrected chi connectivity index (χ1v) is 8.06. The van der Waals surface area contributed by atoms with E-state index in [9.17, 15) is 13.6 Å². The van der Waals surface area contributed by atoms with Crippen molar-refractivity contribution < 1.29 is 18.1 Å². The molecule has 0 bridgehead atoms. The molecule has 0 N–H and O–H groups in total. The summed E-state index contributed by atoms with van der Waals surface area (Å²) in [5.74, 6) is -0.949. The minimum Gasteiger partial charge on any atom is -0.339 e. The Kier molecular flexibility index (Phi) is 4.16. The normalized spacial score (nSPS) is 17.1. The predicted molar refractivity (Wildman–Crippen MR) is 86.7 cm³/mol. The van der Waals surface area contributed by atoms with Crippen molar-refractivity contribution in [3.8, 4) is 11.4 Å². The maximum atomic E-state index is 13.8. The molecular weight excluding hydrogens is 342 g/mol. The Morgan fingerprint density at radius 2 is 2.15 bits per heavy atom. The van der Waals surface area contributed by atoms with E-state index in [2.05, 4.69) is 15.1 Å². The minimum atomic E-state index is -0.669. The zero-order chi connectivity index (χ0) is 18.1. The Morgan fingerprint density at radius 3 is 2.92 bits per heavy atom. The Labute approximate surface area is 147 Å². The number of carbonyl (C=O) groups is 1. The fourth-order valence-corrected chi connectivity index (χ4v) is 2.96. The lowest BCUT2D eigenvalue weighted by molar-refractivity contribution is -0.128. The molecule has 1 atom stereocenters. The molecule has 26 heavy (non-hydrogen) atoms. The van der Waals surface area contributed by atoms with E-state index in [4.69, 9.17) is 4.52 Å². The second-order valence-electron chi connectivity index (χ2n) is 6.11. The van der Waals surface area contributed by atoms with Gasteiger partial charge in [0.1, 0.15) is 11.6 Å². The molecule has 0 spiro atoms. The minimum absolute atomic E-state index is 0.0745. The van der Waals surface area contributed by atoms with Gasteiger partial charge in [-0.25, -0.2) is 8.78 Å². The molecule has 4 rings (SSSR count). The number of halogens is 2. The molecule has 3 heterocycles. The van der Waals surface area contributed by atoms with Crippen LogP contribution in [-0.4, -0.2) is 32.5 Å². The molecule has 6 nitrogen and oxygen atoms in total. The number of rotatable bonds is 4. The fourth-order valence-electron chi connectivity index (χ4n) is 2.96. The van der Waals surface area contributed by atoms with Crippen molar-refractivity contribution in [1.82, 2.24) is 20.0 Å². The van der Waals surface area contributed by atoms with Gasteiger partial charge in [0.15, 0.2) is 0 Å². The summed E-state index contributed by atoms with van der Waals surface area (Å²) in [6, 6.07) is 6.91. The lowest BCUT2D eigenvalue weighted by Crippen LogP contribution is -2.25. The zero-order valence-electron chi connectivity index (χ0n) is 13.6. The van der Waals surface area contributed by atoms with Crippen molar-refractivity contribution >= 4 is 5.91 Å². The van der Waals surface area contributed by atoms with Gasteiger partial charge in [0.25, 0.3) is 0 Å². The standard InChI is InChI=1S/C18H14F2N4O2/c19-14-4-3-12(15(20)7-14)9-24-10-13(6-16(24)25)18-22-17(23-26-18)11-2-1-5-21-8-11/h1-5,7-8,13H,6,9-10H2. The van der Waals surface area contributed by atoms with E-state index >= 15 is 0 Å². The maximum absolute atomic E-state index is 13.8. The van der Waals surface area contributed by atoms with Crippen LogP contribution in [0.5, 0.6) is 0 Å². The van der Waals surface area contributed by atoms with Crippen molar-refractivity contribution in [2.45, 2.75) is 18.9 Å². The second kappa shape index (κ2) is 6.62. The van der Waals surface area contributed by atoms with Crippen LogP contribution < -0.4 is 0 Å². The number of hydrogen-bond acceptors (Lipinski definition) is 5. The van der Waals surface area contributed by atoms with Crippen molar-refractivity contribution in [2.75, 3.05) is 6.54 Å². The predicted octanol–water partition coefficient (Wildman–Crippen LogP) is 2.93. The third-order valence-electron chi connectivity index (χ3n) is 4.30. The number of benzene rings is 1.